The van der Waals surface area contributed by atoms with E-state index in [1.165, 1.54) is 23.5 Å². The Bertz CT molecular complexity index is 1120. The second kappa shape index (κ2) is 6.26. The van der Waals surface area contributed by atoms with Crippen LogP contribution in [0.1, 0.15) is 21.1 Å². The van der Waals surface area contributed by atoms with Crippen molar-refractivity contribution in [3.05, 3.63) is 52.4 Å². The van der Waals surface area contributed by atoms with Gasteiger partial charge in [-0.05, 0) is 44.2 Å². The van der Waals surface area contributed by atoms with Gasteiger partial charge in [-0.25, -0.2) is 9.37 Å². The Morgan fingerprint density at radius 3 is 2.65 bits per heavy atom. The van der Waals surface area contributed by atoms with Crippen LogP contribution in [0.2, 0.25) is 0 Å². The number of amides is 1. The Kier molecular flexibility index (Phi) is 3.92. The third-order valence-electron chi connectivity index (χ3n) is 3.75. The smallest absolute Gasteiger partial charge is 0.259 e. The number of hydrogen-bond acceptors (Lipinski definition) is 7. The van der Waals surface area contributed by atoms with Gasteiger partial charge in [-0.15, -0.1) is 10.2 Å². The summed E-state index contributed by atoms with van der Waals surface area (Å²) in [7, 11) is 0. The van der Waals surface area contributed by atoms with Crippen molar-refractivity contribution in [3.63, 3.8) is 0 Å². The van der Waals surface area contributed by atoms with Crippen molar-refractivity contribution in [3.8, 4) is 11.3 Å². The zero-order chi connectivity index (χ0) is 18.3. The molecule has 0 bridgehead atoms. The zero-order valence-corrected chi connectivity index (χ0v) is 14.6. The normalized spacial score (nSPS) is 11.0. The minimum Gasteiger partial charge on any atom is -0.335 e. The maximum atomic E-state index is 13.2. The molecule has 9 heteroatoms. The molecule has 0 saturated carbocycles. The third-order valence-corrected chi connectivity index (χ3v) is 4.50. The number of anilines is 1. The first-order valence-electron chi connectivity index (χ1n) is 7.65. The van der Waals surface area contributed by atoms with Gasteiger partial charge in [0, 0.05) is 5.56 Å². The highest BCUT2D eigenvalue weighted by Gasteiger charge is 2.20. The van der Waals surface area contributed by atoms with Gasteiger partial charge < -0.3 is 4.52 Å². The van der Waals surface area contributed by atoms with E-state index in [1.54, 1.807) is 32.0 Å². The van der Waals surface area contributed by atoms with E-state index < -0.39 is 0 Å². The van der Waals surface area contributed by atoms with Gasteiger partial charge in [0.25, 0.3) is 11.6 Å². The molecule has 0 fully saturated rings. The van der Waals surface area contributed by atoms with Crippen LogP contribution >= 0.6 is 11.3 Å². The van der Waals surface area contributed by atoms with E-state index in [0.717, 1.165) is 5.01 Å². The zero-order valence-electron chi connectivity index (χ0n) is 13.8. The summed E-state index contributed by atoms with van der Waals surface area (Å²) >= 11 is 1.27. The molecule has 4 aromatic rings. The Hall–Kier alpha value is -3.20. The molecule has 4 rings (SSSR count). The molecule has 0 unspecified atom stereocenters. The molecule has 0 radical (unpaired) electrons. The lowest BCUT2D eigenvalue weighted by Gasteiger charge is -2.06. The van der Waals surface area contributed by atoms with E-state index in [-0.39, 0.29) is 17.4 Å². The van der Waals surface area contributed by atoms with Crippen molar-refractivity contribution in [2.24, 2.45) is 0 Å². The lowest BCUT2D eigenvalue weighted by Crippen LogP contribution is -2.13. The van der Waals surface area contributed by atoms with E-state index in [4.69, 9.17) is 4.52 Å². The van der Waals surface area contributed by atoms with Crippen molar-refractivity contribution in [2.45, 2.75) is 13.8 Å². The molecule has 26 heavy (non-hydrogen) atoms. The number of halogens is 1. The van der Waals surface area contributed by atoms with Crippen LogP contribution in [0.4, 0.5) is 9.52 Å². The van der Waals surface area contributed by atoms with Gasteiger partial charge in [-0.2, -0.15) is 0 Å². The maximum absolute atomic E-state index is 13.2. The van der Waals surface area contributed by atoms with Crippen molar-refractivity contribution in [2.75, 3.05) is 5.32 Å². The molecular weight excluding hydrogens is 357 g/mol. The standard InChI is InChI=1S/C17H12FN5O2S/c1-8-14-12(15(24)20-17-22-21-9(2)26-17)7-13(19-16(14)25-23-8)10-3-5-11(18)6-4-10/h3-7H,1-2H3,(H,20,22,24). The molecule has 3 aromatic heterocycles. The number of carbonyl (C=O) groups excluding carboxylic acids is 1. The number of hydrogen-bond donors (Lipinski definition) is 1. The van der Waals surface area contributed by atoms with E-state index in [0.29, 0.717) is 33.0 Å². The summed E-state index contributed by atoms with van der Waals surface area (Å²) < 4.78 is 18.4. The predicted molar refractivity (Wildman–Crippen MR) is 94.5 cm³/mol. The summed E-state index contributed by atoms with van der Waals surface area (Å²) in [5, 5.41) is 16.1. The molecule has 0 saturated heterocycles. The van der Waals surface area contributed by atoms with Gasteiger partial charge in [-0.1, -0.05) is 16.5 Å². The topological polar surface area (TPSA) is 93.8 Å². The van der Waals surface area contributed by atoms with Crippen molar-refractivity contribution in [1.82, 2.24) is 20.3 Å². The first-order valence-corrected chi connectivity index (χ1v) is 8.47. The van der Waals surface area contributed by atoms with Crippen LogP contribution < -0.4 is 5.32 Å². The number of aromatic nitrogens is 4. The molecule has 1 N–H and O–H groups in total. The number of nitrogens with one attached hydrogen (secondary N) is 1. The Balaban J connectivity index is 1.82. The fraction of sp³-hybridized carbons (Fsp3) is 0.118. The van der Waals surface area contributed by atoms with Gasteiger partial charge >= 0.3 is 0 Å². The monoisotopic (exact) mass is 369 g/mol. The Labute approximate surface area is 150 Å². The van der Waals surface area contributed by atoms with Crippen LogP contribution in [0.15, 0.2) is 34.9 Å². The average Bonchev–Trinajstić information content (AvgIpc) is 3.20. The highest BCUT2D eigenvalue weighted by atomic mass is 32.1. The van der Waals surface area contributed by atoms with Crippen LogP contribution in [0.3, 0.4) is 0 Å². The molecular formula is C17H12FN5O2S. The van der Waals surface area contributed by atoms with Crippen LogP contribution in [0.5, 0.6) is 0 Å². The minimum atomic E-state index is -0.372. The van der Waals surface area contributed by atoms with Crippen molar-refractivity contribution < 1.29 is 13.7 Å². The van der Waals surface area contributed by atoms with Gasteiger partial charge in [-0.3, -0.25) is 10.1 Å². The number of aryl methyl sites for hydroxylation is 2. The van der Waals surface area contributed by atoms with Crippen LogP contribution in [0, 0.1) is 19.7 Å². The SMILES string of the molecule is Cc1nnc(NC(=O)c2cc(-c3ccc(F)cc3)nc3onc(C)c23)s1. The van der Waals surface area contributed by atoms with E-state index >= 15 is 0 Å². The number of benzene rings is 1. The lowest BCUT2D eigenvalue weighted by molar-refractivity contribution is 0.102. The first kappa shape index (κ1) is 16.3. The average molecular weight is 369 g/mol. The molecule has 0 aliphatic carbocycles. The fourth-order valence-electron chi connectivity index (χ4n) is 2.55. The van der Waals surface area contributed by atoms with Crippen molar-refractivity contribution in [1.29, 1.82) is 0 Å². The summed E-state index contributed by atoms with van der Waals surface area (Å²) in [5.74, 6) is -0.724. The summed E-state index contributed by atoms with van der Waals surface area (Å²) in [6, 6.07) is 7.46. The fourth-order valence-corrected chi connectivity index (χ4v) is 3.14. The largest absolute Gasteiger partial charge is 0.335 e. The van der Waals surface area contributed by atoms with E-state index in [9.17, 15) is 9.18 Å². The second-order valence-corrected chi connectivity index (χ2v) is 6.77. The molecule has 1 amide bonds. The second-order valence-electron chi connectivity index (χ2n) is 5.59. The highest BCUT2D eigenvalue weighted by Crippen LogP contribution is 2.28. The van der Waals surface area contributed by atoms with Gasteiger partial charge in [0.1, 0.15) is 10.8 Å². The predicted octanol–water partition coefficient (Wildman–Crippen LogP) is 3.75. The molecule has 0 spiro atoms. The summed E-state index contributed by atoms with van der Waals surface area (Å²) in [6.45, 7) is 3.53. The van der Waals surface area contributed by atoms with Gasteiger partial charge in [0.2, 0.25) is 5.13 Å². The molecule has 0 aliphatic heterocycles. The lowest BCUT2D eigenvalue weighted by atomic mass is 10.1. The van der Waals surface area contributed by atoms with Gasteiger partial charge in [0.15, 0.2) is 0 Å². The third kappa shape index (κ3) is 2.93. The quantitative estimate of drug-likeness (QED) is 0.591. The van der Waals surface area contributed by atoms with Crippen LogP contribution in [-0.4, -0.2) is 26.2 Å². The number of rotatable bonds is 3. The highest BCUT2D eigenvalue weighted by molar-refractivity contribution is 7.15. The molecule has 0 aliphatic rings. The minimum absolute atomic E-state index is 0.239. The Morgan fingerprint density at radius 1 is 1.19 bits per heavy atom. The molecule has 0 atom stereocenters. The van der Waals surface area contributed by atoms with E-state index in [2.05, 4.69) is 25.7 Å². The number of nitrogens with zero attached hydrogens (tertiary/aromatic N) is 4. The number of fused-ring (bicyclic) bond motifs is 1. The van der Waals surface area contributed by atoms with Crippen LogP contribution in [-0.2, 0) is 0 Å². The van der Waals surface area contributed by atoms with Gasteiger partial charge in [0.05, 0.1) is 22.3 Å². The summed E-state index contributed by atoms with van der Waals surface area (Å²) in [6.07, 6.45) is 0. The molecule has 130 valence electrons. The summed E-state index contributed by atoms with van der Waals surface area (Å²) in [5.41, 5.74) is 2.27. The Morgan fingerprint density at radius 2 is 1.96 bits per heavy atom. The van der Waals surface area contributed by atoms with Crippen LogP contribution in [0.25, 0.3) is 22.4 Å². The molecule has 1 aromatic carbocycles. The van der Waals surface area contributed by atoms with Crippen molar-refractivity contribution >= 4 is 33.5 Å². The first-order chi connectivity index (χ1) is 12.5. The number of carbonyl (C=O) groups is 1. The summed E-state index contributed by atoms with van der Waals surface area (Å²) in [4.78, 5) is 17.2. The maximum Gasteiger partial charge on any atom is 0.259 e. The van der Waals surface area contributed by atoms with E-state index in [1.807, 2.05) is 0 Å². The number of pyridine rings is 1. The molecule has 3 heterocycles. The molecule has 7 nitrogen and oxygen atoms in total.